The highest BCUT2D eigenvalue weighted by molar-refractivity contribution is 7.91. The Hall–Kier alpha value is -3.14. The molecule has 0 bridgehead atoms. The van der Waals surface area contributed by atoms with Gasteiger partial charge in [0.2, 0.25) is 15.9 Å². The lowest BCUT2D eigenvalue weighted by atomic mass is 10.0. The maximum Gasteiger partial charge on any atom is 0.242 e. The van der Waals surface area contributed by atoms with Crippen LogP contribution in [-0.2, 0) is 20.6 Å². The molecule has 0 radical (unpaired) electrons. The predicted octanol–water partition coefficient (Wildman–Crippen LogP) is 3.36. The average Bonchev–Trinajstić information content (AvgIpc) is 2.80. The molecule has 0 saturated heterocycles. The lowest BCUT2D eigenvalue weighted by molar-refractivity contribution is -0.116. The molecular formula is C24H25N3O4S2. The van der Waals surface area contributed by atoms with Gasteiger partial charge >= 0.3 is 0 Å². The number of hydrogen-bond donors (Lipinski definition) is 4. The van der Waals surface area contributed by atoms with E-state index in [0.29, 0.717) is 16.8 Å². The zero-order chi connectivity index (χ0) is 24.0. The minimum atomic E-state index is -3.81. The predicted molar refractivity (Wildman–Crippen MR) is 134 cm³/mol. The summed E-state index contributed by atoms with van der Waals surface area (Å²) in [7, 11) is -3.81. The molecule has 0 aliphatic carbocycles. The van der Waals surface area contributed by atoms with Gasteiger partial charge in [0.25, 0.3) is 0 Å². The van der Waals surface area contributed by atoms with Gasteiger partial charge in [-0.3, -0.25) is 14.3 Å². The van der Waals surface area contributed by atoms with E-state index in [2.05, 4.69) is 22.7 Å². The van der Waals surface area contributed by atoms with E-state index in [0.717, 1.165) is 5.56 Å². The number of carbonyl (C=O) groups is 2. The van der Waals surface area contributed by atoms with Crippen LogP contribution >= 0.6 is 12.6 Å². The summed E-state index contributed by atoms with van der Waals surface area (Å²) in [6.45, 7) is 1.92. The van der Waals surface area contributed by atoms with Gasteiger partial charge in [0.1, 0.15) is 0 Å². The second-order valence-corrected chi connectivity index (χ2v) is 9.67. The summed E-state index contributed by atoms with van der Waals surface area (Å²) in [5.74, 6) is -0.950. The molecule has 4 N–H and O–H groups in total. The van der Waals surface area contributed by atoms with Crippen molar-refractivity contribution < 1.29 is 18.0 Å². The van der Waals surface area contributed by atoms with E-state index >= 15 is 0 Å². The molecule has 1 atom stereocenters. The molecule has 0 aromatic heterocycles. The molecule has 172 valence electrons. The summed E-state index contributed by atoms with van der Waals surface area (Å²) in [6, 6.07) is 19.2. The highest BCUT2D eigenvalue weighted by Gasteiger charge is 2.20. The van der Waals surface area contributed by atoms with Crippen LogP contribution in [0, 0.1) is 6.92 Å². The Kier molecular flexibility index (Phi) is 7.91. The normalized spacial score (nSPS) is 12.1. The van der Waals surface area contributed by atoms with Crippen molar-refractivity contribution in [1.82, 2.24) is 0 Å². The molecule has 9 heteroatoms. The third-order valence-corrected chi connectivity index (χ3v) is 6.48. The van der Waals surface area contributed by atoms with Crippen LogP contribution in [-0.4, -0.2) is 31.9 Å². The Morgan fingerprint density at radius 3 is 2.30 bits per heavy atom. The lowest BCUT2D eigenvalue weighted by Crippen LogP contribution is -2.37. The summed E-state index contributed by atoms with van der Waals surface area (Å²) >= 11 is 4.01. The first kappa shape index (κ1) is 24.5. The van der Waals surface area contributed by atoms with E-state index in [1.165, 1.54) is 18.2 Å². The molecule has 0 heterocycles. The van der Waals surface area contributed by atoms with E-state index in [1.54, 1.807) is 42.5 Å². The SMILES string of the molecule is Cc1ccc(CS(=O)(=O)Nc2ccc(NC(=O)[C@@H](N)CS)cc2C(=O)c2ccccc2)cc1. The number of nitrogens with one attached hydrogen (secondary N) is 2. The first-order chi connectivity index (χ1) is 15.7. The molecule has 7 nitrogen and oxygen atoms in total. The number of sulfonamides is 1. The van der Waals surface area contributed by atoms with Gasteiger partial charge in [-0.05, 0) is 30.7 Å². The van der Waals surface area contributed by atoms with E-state index in [4.69, 9.17) is 5.73 Å². The third-order valence-electron chi connectivity index (χ3n) is 4.84. The van der Waals surface area contributed by atoms with Crippen molar-refractivity contribution in [2.24, 2.45) is 5.73 Å². The van der Waals surface area contributed by atoms with E-state index in [9.17, 15) is 18.0 Å². The number of amides is 1. The first-order valence-electron chi connectivity index (χ1n) is 10.2. The Bertz CT molecular complexity index is 1240. The van der Waals surface area contributed by atoms with Crippen molar-refractivity contribution in [3.8, 4) is 0 Å². The van der Waals surface area contributed by atoms with Crippen molar-refractivity contribution in [3.63, 3.8) is 0 Å². The molecule has 1 amide bonds. The van der Waals surface area contributed by atoms with Crippen molar-refractivity contribution in [1.29, 1.82) is 0 Å². The topological polar surface area (TPSA) is 118 Å². The molecule has 0 spiro atoms. The number of aryl methyl sites for hydroxylation is 1. The third kappa shape index (κ3) is 6.67. The zero-order valence-electron chi connectivity index (χ0n) is 18.0. The van der Waals surface area contributed by atoms with Crippen LogP contribution in [0.4, 0.5) is 11.4 Å². The Morgan fingerprint density at radius 1 is 1.00 bits per heavy atom. The molecule has 33 heavy (non-hydrogen) atoms. The minimum Gasteiger partial charge on any atom is -0.325 e. The van der Waals surface area contributed by atoms with Crippen LogP contribution < -0.4 is 15.8 Å². The first-order valence-corrected chi connectivity index (χ1v) is 12.4. The number of ketones is 1. The Labute approximate surface area is 198 Å². The van der Waals surface area contributed by atoms with Gasteiger partial charge in [0.05, 0.1) is 17.5 Å². The zero-order valence-corrected chi connectivity index (χ0v) is 19.7. The van der Waals surface area contributed by atoms with Gasteiger partial charge in [-0.15, -0.1) is 0 Å². The molecule has 0 unspecified atom stereocenters. The average molecular weight is 484 g/mol. The van der Waals surface area contributed by atoms with Crippen LogP contribution in [0.2, 0.25) is 0 Å². The molecule has 0 fully saturated rings. The highest BCUT2D eigenvalue weighted by atomic mass is 32.2. The van der Waals surface area contributed by atoms with Crippen molar-refractivity contribution in [3.05, 3.63) is 95.1 Å². The fourth-order valence-corrected chi connectivity index (χ4v) is 4.45. The smallest absolute Gasteiger partial charge is 0.242 e. The van der Waals surface area contributed by atoms with E-state index < -0.39 is 27.8 Å². The Balaban J connectivity index is 1.94. The van der Waals surface area contributed by atoms with Gasteiger partial charge in [0.15, 0.2) is 5.78 Å². The molecule has 3 rings (SSSR count). The van der Waals surface area contributed by atoms with E-state index in [1.807, 2.05) is 19.1 Å². The standard InChI is InChI=1S/C24H25N3O4S2/c1-16-7-9-17(10-8-16)15-33(30,31)27-22-12-11-19(26-24(29)21(25)14-32)13-20(22)23(28)18-5-3-2-4-6-18/h2-13,21,27,32H,14-15,25H2,1H3,(H,26,29)/t21-/m0/s1. The minimum absolute atomic E-state index is 0.103. The molecule has 0 saturated carbocycles. The molecular weight excluding hydrogens is 458 g/mol. The van der Waals surface area contributed by atoms with Gasteiger partial charge in [0, 0.05) is 22.6 Å². The number of nitrogens with two attached hydrogens (primary N) is 1. The second kappa shape index (κ2) is 10.7. The van der Waals surface area contributed by atoms with E-state index in [-0.39, 0.29) is 22.8 Å². The summed E-state index contributed by atoms with van der Waals surface area (Å²) < 4.78 is 28.2. The number of thiol groups is 1. The number of benzene rings is 3. The summed E-state index contributed by atoms with van der Waals surface area (Å²) in [5, 5.41) is 2.63. The molecule has 0 aliphatic heterocycles. The summed E-state index contributed by atoms with van der Waals surface area (Å²) in [5.41, 5.74) is 8.26. The fourth-order valence-electron chi connectivity index (χ4n) is 3.07. The number of carbonyl (C=O) groups excluding carboxylic acids is 2. The Morgan fingerprint density at radius 2 is 1.67 bits per heavy atom. The number of anilines is 2. The van der Waals surface area contributed by atoms with Crippen LogP contribution in [0.5, 0.6) is 0 Å². The molecule has 3 aromatic rings. The number of rotatable bonds is 9. The van der Waals surface area contributed by atoms with Crippen LogP contribution in [0.3, 0.4) is 0 Å². The molecule has 0 aliphatic rings. The summed E-state index contributed by atoms with van der Waals surface area (Å²) in [6.07, 6.45) is 0. The molecule has 3 aromatic carbocycles. The quantitative estimate of drug-likeness (QED) is 0.275. The second-order valence-electron chi connectivity index (χ2n) is 7.58. The van der Waals surface area contributed by atoms with Crippen LogP contribution in [0.1, 0.15) is 27.0 Å². The van der Waals surface area contributed by atoms with Crippen molar-refractivity contribution in [2.75, 3.05) is 15.8 Å². The maximum absolute atomic E-state index is 13.2. The van der Waals surface area contributed by atoms with Crippen LogP contribution in [0.25, 0.3) is 0 Å². The largest absolute Gasteiger partial charge is 0.325 e. The van der Waals surface area contributed by atoms with Gasteiger partial charge < -0.3 is 11.1 Å². The monoisotopic (exact) mass is 483 g/mol. The lowest BCUT2D eigenvalue weighted by Gasteiger charge is -2.15. The van der Waals surface area contributed by atoms with Crippen molar-refractivity contribution >= 4 is 45.7 Å². The summed E-state index contributed by atoms with van der Waals surface area (Å²) in [4.78, 5) is 25.3. The van der Waals surface area contributed by atoms with Gasteiger partial charge in [-0.1, -0.05) is 60.2 Å². The highest BCUT2D eigenvalue weighted by Crippen LogP contribution is 2.26. The van der Waals surface area contributed by atoms with Crippen molar-refractivity contribution in [2.45, 2.75) is 18.7 Å². The van der Waals surface area contributed by atoms with Gasteiger partial charge in [-0.2, -0.15) is 12.6 Å². The maximum atomic E-state index is 13.2. The number of hydrogen-bond acceptors (Lipinski definition) is 6. The van der Waals surface area contributed by atoms with Gasteiger partial charge in [-0.25, -0.2) is 8.42 Å². The fraction of sp³-hybridized carbons (Fsp3) is 0.167. The van der Waals surface area contributed by atoms with Crippen LogP contribution in [0.15, 0.2) is 72.8 Å².